The van der Waals surface area contributed by atoms with Crippen LogP contribution in [0.4, 0.5) is 0 Å². The van der Waals surface area contributed by atoms with Gasteiger partial charge in [-0.05, 0) is 12.1 Å². The van der Waals surface area contributed by atoms with Crippen LogP contribution < -0.4 is 11.2 Å². The minimum absolute atomic E-state index is 0.380. The van der Waals surface area contributed by atoms with E-state index in [9.17, 15) is 19.2 Å². The number of halogens is 1. The first-order chi connectivity index (χ1) is 9.95. The number of ether oxygens (including phenoxy) is 1. The number of ketones is 1. The van der Waals surface area contributed by atoms with E-state index in [1.165, 1.54) is 12.3 Å². The minimum atomic E-state index is -0.764. The standard InChI is InChI=1S/C12H9ClN2O5S/c13-9-2-1-8(21-9)7(16)6-20-11(18)5-15-4-3-10(17)14-12(15)19/h1-4H,5-6H2,(H,14,17,19). The van der Waals surface area contributed by atoms with E-state index in [0.717, 1.165) is 22.0 Å². The third-order valence-corrected chi connectivity index (χ3v) is 3.68. The van der Waals surface area contributed by atoms with Gasteiger partial charge in [-0.3, -0.25) is 23.9 Å². The lowest BCUT2D eigenvalue weighted by molar-refractivity contribution is -0.143. The fourth-order valence-electron chi connectivity index (χ4n) is 1.43. The van der Waals surface area contributed by atoms with Gasteiger partial charge in [0.05, 0.1) is 9.21 Å². The molecule has 0 amide bonds. The molecule has 0 spiro atoms. The number of aromatic nitrogens is 2. The lowest BCUT2D eigenvalue weighted by Crippen LogP contribution is -2.31. The number of nitrogens with one attached hydrogen (secondary N) is 1. The highest BCUT2D eigenvalue weighted by Crippen LogP contribution is 2.21. The van der Waals surface area contributed by atoms with Gasteiger partial charge in [0, 0.05) is 12.3 Å². The summed E-state index contributed by atoms with van der Waals surface area (Å²) in [5.74, 6) is -1.14. The molecule has 7 nitrogen and oxygen atoms in total. The number of carbonyl (C=O) groups is 2. The van der Waals surface area contributed by atoms with Crippen molar-refractivity contribution < 1.29 is 14.3 Å². The van der Waals surface area contributed by atoms with Gasteiger partial charge in [-0.15, -0.1) is 11.3 Å². The topological polar surface area (TPSA) is 98.2 Å². The highest BCUT2D eigenvalue weighted by molar-refractivity contribution is 7.18. The molecule has 1 N–H and O–H groups in total. The zero-order valence-electron chi connectivity index (χ0n) is 10.5. The molecule has 0 aliphatic heterocycles. The van der Waals surface area contributed by atoms with Crippen LogP contribution in [0.3, 0.4) is 0 Å². The molecule has 0 saturated carbocycles. The van der Waals surface area contributed by atoms with E-state index in [4.69, 9.17) is 16.3 Å². The fourth-order valence-corrected chi connectivity index (χ4v) is 2.40. The molecule has 9 heteroatoms. The summed E-state index contributed by atoms with van der Waals surface area (Å²) in [5, 5.41) is 0. The van der Waals surface area contributed by atoms with E-state index >= 15 is 0 Å². The number of hydrogen-bond donors (Lipinski definition) is 1. The number of aromatic amines is 1. The molecule has 21 heavy (non-hydrogen) atoms. The zero-order chi connectivity index (χ0) is 15.4. The third-order valence-electron chi connectivity index (χ3n) is 2.41. The van der Waals surface area contributed by atoms with Gasteiger partial charge >= 0.3 is 11.7 Å². The maximum Gasteiger partial charge on any atom is 0.328 e. The van der Waals surface area contributed by atoms with Crippen LogP contribution in [0.1, 0.15) is 9.67 Å². The molecule has 0 aliphatic carbocycles. The van der Waals surface area contributed by atoms with Gasteiger partial charge in [-0.25, -0.2) is 4.79 Å². The average molecular weight is 329 g/mol. The Labute approximate surface area is 126 Å². The second-order valence-electron chi connectivity index (χ2n) is 3.93. The highest BCUT2D eigenvalue weighted by Gasteiger charge is 2.13. The Morgan fingerprint density at radius 1 is 1.29 bits per heavy atom. The van der Waals surface area contributed by atoms with Gasteiger partial charge in [-0.2, -0.15) is 0 Å². The molecule has 2 aromatic heterocycles. The van der Waals surface area contributed by atoms with Crippen molar-refractivity contribution in [2.45, 2.75) is 6.54 Å². The molecule has 0 saturated heterocycles. The molecule has 0 radical (unpaired) electrons. The van der Waals surface area contributed by atoms with Gasteiger partial charge < -0.3 is 4.74 Å². The summed E-state index contributed by atoms with van der Waals surface area (Å²) in [4.78, 5) is 47.8. The molecule has 0 atom stereocenters. The first kappa shape index (κ1) is 15.2. The SMILES string of the molecule is O=C(Cn1ccc(=O)[nH]c1=O)OCC(=O)c1ccc(Cl)s1. The Hall–Kier alpha value is -2.19. The van der Waals surface area contributed by atoms with Crippen LogP contribution in [-0.4, -0.2) is 27.9 Å². The quantitative estimate of drug-likeness (QED) is 0.643. The highest BCUT2D eigenvalue weighted by atomic mass is 35.5. The largest absolute Gasteiger partial charge is 0.456 e. The second-order valence-corrected chi connectivity index (χ2v) is 5.64. The van der Waals surface area contributed by atoms with Crippen molar-refractivity contribution in [2.75, 3.05) is 6.61 Å². The van der Waals surface area contributed by atoms with Gasteiger partial charge in [-0.1, -0.05) is 11.6 Å². The van der Waals surface area contributed by atoms with Crippen LogP contribution >= 0.6 is 22.9 Å². The zero-order valence-corrected chi connectivity index (χ0v) is 12.1. The Bertz CT molecular complexity index is 791. The van der Waals surface area contributed by atoms with Crippen molar-refractivity contribution in [3.8, 4) is 0 Å². The summed E-state index contributed by atoms with van der Waals surface area (Å²) >= 11 is 6.78. The molecule has 2 heterocycles. The molecule has 2 aromatic rings. The maximum absolute atomic E-state index is 11.7. The van der Waals surface area contributed by atoms with Crippen LogP contribution in [0, 0.1) is 0 Å². The minimum Gasteiger partial charge on any atom is -0.456 e. The number of esters is 1. The van der Waals surface area contributed by atoms with E-state index in [2.05, 4.69) is 0 Å². The van der Waals surface area contributed by atoms with Crippen molar-refractivity contribution in [3.63, 3.8) is 0 Å². The lowest BCUT2D eigenvalue weighted by Gasteiger charge is -2.05. The van der Waals surface area contributed by atoms with E-state index < -0.39 is 30.4 Å². The van der Waals surface area contributed by atoms with Crippen LogP contribution in [0.5, 0.6) is 0 Å². The molecule has 2 rings (SSSR count). The Morgan fingerprint density at radius 2 is 2.05 bits per heavy atom. The number of thiophene rings is 1. The van der Waals surface area contributed by atoms with Crippen LogP contribution in [0.25, 0.3) is 0 Å². The maximum atomic E-state index is 11.7. The van der Waals surface area contributed by atoms with Crippen LogP contribution in [0.2, 0.25) is 4.34 Å². The summed E-state index contributed by atoms with van der Waals surface area (Å²) < 4.78 is 6.21. The summed E-state index contributed by atoms with van der Waals surface area (Å²) in [6.07, 6.45) is 1.17. The number of hydrogen-bond acceptors (Lipinski definition) is 6. The molecule has 0 aromatic carbocycles. The number of nitrogens with zero attached hydrogens (tertiary/aromatic N) is 1. The first-order valence-electron chi connectivity index (χ1n) is 5.69. The summed E-state index contributed by atoms with van der Waals surface area (Å²) in [6, 6.07) is 4.21. The summed E-state index contributed by atoms with van der Waals surface area (Å²) in [7, 11) is 0. The Kier molecular flexibility index (Phi) is 4.71. The van der Waals surface area contributed by atoms with E-state index in [-0.39, 0.29) is 5.78 Å². The van der Waals surface area contributed by atoms with Crippen molar-refractivity contribution in [1.82, 2.24) is 9.55 Å². The van der Waals surface area contributed by atoms with E-state index in [1.807, 2.05) is 4.98 Å². The average Bonchev–Trinajstić information content (AvgIpc) is 2.86. The van der Waals surface area contributed by atoms with Crippen LogP contribution in [-0.2, 0) is 16.1 Å². The summed E-state index contributed by atoms with van der Waals surface area (Å²) in [5.41, 5.74) is -1.29. The van der Waals surface area contributed by atoms with Crippen molar-refractivity contribution >= 4 is 34.7 Å². The molecule has 0 unspecified atom stereocenters. The van der Waals surface area contributed by atoms with Crippen molar-refractivity contribution in [3.05, 3.63) is 54.4 Å². The monoisotopic (exact) mass is 328 g/mol. The first-order valence-corrected chi connectivity index (χ1v) is 6.89. The van der Waals surface area contributed by atoms with Crippen molar-refractivity contribution in [2.24, 2.45) is 0 Å². The molecule has 0 aliphatic rings. The molecule has 0 fully saturated rings. The predicted molar refractivity (Wildman–Crippen MR) is 75.9 cm³/mol. The Morgan fingerprint density at radius 3 is 2.67 bits per heavy atom. The fraction of sp³-hybridized carbons (Fsp3) is 0.167. The van der Waals surface area contributed by atoms with Gasteiger partial charge in [0.2, 0.25) is 5.78 Å². The molecular formula is C12H9ClN2O5S. The van der Waals surface area contributed by atoms with E-state index in [1.54, 1.807) is 6.07 Å². The second kappa shape index (κ2) is 6.51. The molecule has 110 valence electrons. The van der Waals surface area contributed by atoms with Gasteiger partial charge in [0.1, 0.15) is 6.54 Å². The Balaban J connectivity index is 1.92. The predicted octanol–water partition coefficient (Wildman–Crippen LogP) is 0.678. The lowest BCUT2D eigenvalue weighted by atomic mass is 10.3. The molecular weight excluding hydrogens is 320 g/mol. The van der Waals surface area contributed by atoms with E-state index in [0.29, 0.717) is 9.21 Å². The normalized spacial score (nSPS) is 10.3. The van der Waals surface area contributed by atoms with Crippen molar-refractivity contribution in [1.29, 1.82) is 0 Å². The van der Waals surface area contributed by atoms with Gasteiger partial charge in [0.25, 0.3) is 5.56 Å². The number of H-pyrrole nitrogens is 1. The molecule has 0 bridgehead atoms. The number of rotatable bonds is 5. The van der Waals surface area contributed by atoms with Crippen LogP contribution in [0.15, 0.2) is 34.0 Å². The number of carbonyl (C=O) groups excluding carboxylic acids is 2. The van der Waals surface area contributed by atoms with Gasteiger partial charge in [0.15, 0.2) is 6.61 Å². The smallest absolute Gasteiger partial charge is 0.328 e. The number of Topliss-reactive ketones (excluding diaryl/α,β-unsaturated/α-hetero) is 1. The third kappa shape index (κ3) is 4.14. The summed E-state index contributed by atoms with van der Waals surface area (Å²) in [6.45, 7) is -0.831.